The standard InChI is InChI=1S/C17H21N3O3S/c1-15(18-19(2)17-9-4-3-5-10-17)16-8-6-11-20(14-16)12-7-13-24(21,22)23/h3-6,8-11,14H,7,12-13H2,1-2H3/p+1. The minimum atomic E-state index is -3.91. The van der Waals surface area contributed by atoms with Gasteiger partial charge in [-0.25, -0.2) is 4.57 Å². The molecule has 0 fully saturated rings. The second kappa shape index (κ2) is 8.03. The third-order valence-corrected chi connectivity index (χ3v) is 4.33. The normalized spacial score (nSPS) is 12.2. The van der Waals surface area contributed by atoms with E-state index in [1.165, 1.54) is 0 Å². The summed E-state index contributed by atoms with van der Waals surface area (Å²) in [5, 5.41) is 6.39. The Balaban J connectivity index is 2.08. The Bertz CT molecular complexity index is 805. The van der Waals surface area contributed by atoms with E-state index < -0.39 is 10.1 Å². The van der Waals surface area contributed by atoms with Gasteiger partial charge in [0.25, 0.3) is 10.1 Å². The minimum Gasteiger partial charge on any atom is -0.286 e. The Hall–Kier alpha value is -2.25. The number of nitrogens with zero attached hydrogens (tertiary/aromatic N) is 3. The van der Waals surface area contributed by atoms with Crippen molar-refractivity contribution in [3.05, 3.63) is 60.4 Å². The van der Waals surface area contributed by atoms with Gasteiger partial charge < -0.3 is 0 Å². The van der Waals surface area contributed by atoms with E-state index in [1.54, 1.807) is 0 Å². The SMILES string of the molecule is CC(=NN(C)c1ccccc1)c1ccc[n+](CCCS(=O)(=O)O)c1. The van der Waals surface area contributed by atoms with E-state index in [1.807, 2.05) is 78.4 Å². The molecule has 1 heterocycles. The maximum Gasteiger partial charge on any atom is 0.265 e. The Morgan fingerprint density at radius 2 is 1.92 bits per heavy atom. The van der Waals surface area contributed by atoms with E-state index in [9.17, 15) is 8.42 Å². The molecule has 0 aliphatic rings. The summed E-state index contributed by atoms with van der Waals surface area (Å²) in [5.74, 6) is -0.242. The highest BCUT2D eigenvalue weighted by Crippen LogP contribution is 2.12. The second-order valence-electron chi connectivity index (χ2n) is 5.51. The number of hydrogen-bond acceptors (Lipinski definition) is 4. The van der Waals surface area contributed by atoms with Crippen molar-refractivity contribution in [1.82, 2.24) is 0 Å². The highest BCUT2D eigenvalue weighted by molar-refractivity contribution is 7.85. The number of pyridine rings is 1. The molecule has 1 aromatic heterocycles. The molecule has 0 aliphatic heterocycles. The van der Waals surface area contributed by atoms with Crippen molar-refractivity contribution in [3.63, 3.8) is 0 Å². The molecular weight excluding hydrogens is 326 g/mol. The Morgan fingerprint density at radius 1 is 1.21 bits per heavy atom. The molecule has 6 nitrogen and oxygen atoms in total. The fourth-order valence-electron chi connectivity index (χ4n) is 2.29. The first-order valence-corrected chi connectivity index (χ1v) is 9.25. The van der Waals surface area contributed by atoms with Gasteiger partial charge in [-0.15, -0.1) is 0 Å². The van der Waals surface area contributed by atoms with Gasteiger partial charge in [-0.1, -0.05) is 18.2 Å². The number of benzene rings is 1. The van der Waals surface area contributed by atoms with E-state index in [0.29, 0.717) is 13.0 Å². The van der Waals surface area contributed by atoms with Crippen molar-refractivity contribution in [2.45, 2.75) is 19.9 Å². The van der Waals surface area contributed by atoms with Gasteiger partial charge in [-0.3, -0.25) is 9.56 Å². The summed E-state index contributed by atoms with van der Waals surface area (Å²) in [6.07, 6.45) is 4.14. The fraction of sp³-hybridized carbons (Fsp3) is 0.294. The zero-order valence-electron chi connectivity index (χ0n) is 13.8. The number of para-hydroxylation sites is 1. The minimum absolute atomic E-state index is 0.242. The van der Waals surface area contributed by atoms with Gasteiger partial charge in [-0.05, 0) is 25.1 Å². The third-order valence-electron chi connectivity index (χ3n) is 3.52. The van der Waals surface area contributed by atoms with Crippen LogP contribution in [0.4, 0.5) is 5.69 Å². The molecule has 7 heteroatoms. The molecule has 0 unspecified atom stereocenters. The molecule has 0 saturated carbocycles. The van der Waals surface area contributed by atoms with Gasteiger partial charge in [0, 0.05) is 19.5 Å². The molecule has 0 bridgehead atoms. The molecule has 0 aliphatic carbocycles. The Kier molecular flexibility index (Phi) is 6.05. The first-order valence-electron chi connectivity index (χ1n) is 7.64. The van der Waals surface area contributed by atoms with Gasteiger partial charge in [0.1, 0.15) is 6.54 Å². The summed E-state index contributed by atoms with van der Waals surface area (Å²) in [6.45, 7) is 2.44. The zero-order chi connectivity index (χ0) is 17.6. The van der Waals surface area contributed by atoms with Crippen LogP contribution in [-0.4, -0.2) is 31.5 Å². The Labute approximate surface area is 142 Å². The summed E-state index contributed by atoms with van der Waals surface area (Å²) in [4.78, 5) is 0. The molecule has 24 heavy (non-hydrogen) atoms. The van der Waals surface area contributed by atoms with Crippen molar-refractivity contribution in [2.75, 3.05) is 17.8 Å². The first-order chi connectivity index (χ1) is 11.3. The molecule has 2 rings (SSSR count). The van der Waals surface area contributed by atoms with Crippen molar-refractivity contribution >= 4 is 21.5 Å². The van der Waals surface area contributed by atoms with Crippen LogP contribution in [0.1, 0.15) is 18.9 Å². The number of aromatic nitrogens is 1. The molecule has 2 aromatic rings. The number of hydrogen-bond donors (Lipinski definition) is 1. The molecule has 0 radical (unpaired) electrons. The highest BCUT2D eigenvalue weighted by Gasteiger charge is 2.10. The van der Waals surface area contributed by atoms with Gasteiger partial charge in [0.15, 0.2) is 12.4 Å². The number of rotatable bonds is 7. The van der Waals surface area contributed by atoms with Crippen molar-refractivity contribution in [1.29, 1.82) is 0 Å². The maximum absolute atomic E-state index is 10.8. The molecule has 0 atom stereocenters. The van der Waals surface area contributed by atoms with Crippen LogP contribution in [0, 0.1) is 0 Å². The topological polar surface area (TPSA) is 73.8 Å². The van der Waals surface area contributed by atoms with E-state index in [4.69, 9.17) is 4.55 Å². The first kappa shape index (κ1) is 18.1. The van der Waals surface area contributed by atoms with E-state index in [-0.39, 0.29) is 5.75 Å². The zero-order valence-corrected chi connectivity index (χ0v) is 14.6. The number of hydrazone groups is 1. The third kappa shape index (κ3) is 5.75. The van der Waals surface area contributed by atoms with Crippen LogP contribution in [0.5, 0.6) is 0 Å². The van der Waals surface area contributed by atoms with Crippen LogP contribution < -0.4 is 9.58 Å². The summed E-state index contributed by atoms with van der Waals surface area (Å²) in [5.41, 5.74) is 2.80. The lowest BCUT2D eigenvalue weighted by molar-refractivity contribution is -0.696. The average molecular weight is 348 g/mol. The quantitative estimate of drug-likeness (QED) is 0.360. The number of anilines is 1. The summed E-state index contributed by atoms with van der Waals surface area (Å²) < 4.78 is 32.2. The lowest BCUT2D eigenvalue weighted by atomic mass is 10.2. The van der Waals surface area contributed by atoms with E-state index in [2.05, 4.69) is 5.10 Å². The maximum atomic E-state index is 10.8. The molecule has 0 amide bonds. The predicted octanol–water partition coefficient (Wildman–Crippen LogP) is 2.11. The Morgan fingerprint density at radius 3 is 2.58 bits per heavy atom. The van der Waals surface area contributed by atoms with Crippen LogP contribution in [0.25, 0.3) is 0 Å². The molecule has 1 N–H and O–H groups in total. The van der Waals surface area contributed by atoms with Crippen LogP contribution in [0.15, 0.2) is 60.0 Å². The largest absolute Gasteiger partial charge is 0.286 e. The average Bonchev–Trinajstić information content (AvgIpc) is 2.54. The summed E-state index contributed by atoms with van der Waals surface area (Å²) >= 11 is 0. The van der Waals surface area contributed by atoms with Crippen LogP contribution in [0.2, 0.25) is 0 Å². The summed E-state index contributed by atoms with van der Waals surface area (Å²) in [7, 11) is -2.02. The molecule has 0 spiro atoms. The smallest absolute Gasteiger partial charge is 0.265 e. The molecule has 0 saturated heterocycles. The summed E-state index contributed by atoms with van der Waals surface area (Å²) in [6, 6.07) is 13.7. The molecule has 128 valence electrons. The highest BCUT2D eigenvalue weighted by atomic mass is 32.2. The van der Waals surface area contributed by atoms with Crippen LogP contribution in [0.3, 0.4) is 0 Å². The van der Waals surface area contributed by atoms with Gasteiger partial charge >= 0.3 is 0 Å². The van der Waals surface area contributed by atoms with Gasteiger partial charge in [0.2, 0.25) is 0 Å². The number of aryl methyl sites for hydroxylation is 1. The fourth-order valence-corrected chi connectivity index (χ4v) is 2.78. The second-order valence-corrected chi connectivity index (χ2v) is 7.09. The monoisotopic (exact) mass is 348 g/mol. The van der Waals surface area contributed by atoms with E-state index >= 15 is 0 Å². The van der Waals surface area contributed by atoms with Crippen LogP contribution in [-0.2, 0) is 16.7 Å². The lowest BCUT2D eigenvalue weighted by Crippen LogP contribution is -2.34. The molecular formula is C17H22N3O3S+. The van der Waals surface area contributed by atoms with E-state index in [0.717, 1.165) is 17.0 Å². The van der Waals surface area contributed by atoms with Gasteiger partial charge in [-0.2, -0.15) is 13.5 Å². The van der Waals surface area contributed by atoms with Crippen molar-refractivity contribution in [2.24, 2.45) is 5.10 Å². The van der Waals surface area contributed by atoms with Crippen molar-refractivity contribution in [3.8, 4) is 0 Å². The lowest BCUT2D eigenvalue weighted by Gasteiger charge is -2.14. The van der Waals surface area contributed by atoms with Gasteiger partial charge in [0.05, 0.1) is 22.7 Å². The predicted molar refractivity (Wildman–Crippen MR) is 94.7 cm³/mol. The molecule has 1 aromatic carbocycles. The van der Waals surface area contributed by atoms with Crippen molar-refractivity contribution < 1.29 is 17.5 Å². The van der Waals surface area contributed by atoms with Crippen LogP contribution >= 0.6 is 0 Å².